The summed E-state index contributed by atoms with van der Waals surface area (Å²) >= 11 is 0. The fraction of sp³-hybridized carbons (Fsp3) is 0.214. The van der Waals surface area contributed by atoms with Gasteiger partial charge < -0.3 is 14.2 Å². The van der Waals surface area contributed by atoms with Gasteiger partial charge in [0.25, 0.3) is 0 Å². The predicted octanol–water partition coefficient (Wildman–Crippen LogP) is 1.68. The highest BCUT2D eigenvalue weighted by atomic mass is 16.3. The van der Waals surface area contributed by atoms with Crippen molar-refractivity contribution in [1.82, 2.24) is 10.7 Å². The van der Waals surface area contributed by atoms with Crippen molar-refractivity contribution < 1.29 is 18.4 Å². The first-order valence-corrected chi connectivity index (χ1v) is 6.31. The number of nitrogens with one attached hydrogen (secondary N) is 2. The van der Waals surface area contributed by atoms with E-state index in [1.54, 1.807) is 31.4 Å². The molecule has 21 heavy (non-hydrogen) atoms. The first-order chi connectivity index (χ1) is 10.1. The van der Waals surface area contributed by atoms with Gasteiger partial charge in [-0.25, -0.2) is 5.43 Å². The molecule has 0 aromatic carbocycles. The topological polar surface area (TPSA) is 96.8 Å². The van der Waals surface area contributed by atoms with Crippen molar-refractivity contribution in [2.45, 2.75) is 19.9 Å². The number of carbonyl (C=O) groups excluding carboxylic acids is 2. The smallest absolute Gasteiger partial charge is 0.307 e. The zero-order valence-corrected chi connectivity index (χ0v) is 11.5. The molecule has 0 bridgehead atoms. The van der Waals surface area contributed by atoms with Crippen LogP contribution in [-0.2, 0) is 11.3 Å². The standard InChI is InChI=1S/C14H15N3O4/c1-10(16-17-14(19)12-5-3-7-21-12)8-13(18)15-9-11-4-2-6-20-11/h2-7H,8-9H2,1H3,(H,15,18)(H,17,19)/b16-10+. The Bertz CT molecular complexity index is 615. The summed E-state index contributed by atoms with van der Waals surface area (Å²) in [7, 11) is 0. The maximum Gasteiger partial charge on any atom is 0.307 e. The Kier molecular flexibility index (Phi) is 4.92. The SMILES string of the molecule is C/C(CC(=O)NCc1ccco1)=N\NC(=O)c1ccco1. The Morgan fingerprint density at radius 1 is 1.19 bits per heavy atom. The van der Waals surface area contributed by atoms with Crippen LogP contribution < -0.4 is 10.7 Å². The Balaban J connectivity index is 1.75. The predicted molar refractivity (Wildman–Crippen MR) is 74.5 cm³/mol. The lowest BCUT2D eigenvalue weighted by atomic mass is 10.3. The number of amides is 2. The van der Waals surface area contributed by atoms with Gasteiger partial charge in [0.1, 0.15) is 5.76 Å². The lowest BCUT2D eigenvalue weighted by Crippen LogP contribution is -2.26. The van der Waals surface area contributed by atoms with Gasteiger partial charge in [0, 0.05) is 5.71 Å². The molecule has 2 N–H and O–H groups in total. The minimum Gasteiger partial charge on any atom is -0.467 e. The van der Waals surface area contributed by atoms with Gasteiger partial charge in [-0.1, -0.05) is 0 Å². The van der Waals surface area contributed by atoms with Gasteiger partial charge in [-0.05, 0) is 31.2 Å². The molecule has 0 aliphatic carbocycles. The number of hydrogen-bond donors (Lipinski definition) is 2. The third-order valence-electron chi connectivity index (χ3n) is 2.55. The van der Waals surface area contributed by atoms with Crippen molar-refractivity contribution >= 4 is 17.5 Å². The van der Waals surface area contributed by atoms with E-state index in [0.717, 1.165) is 0 Å². The number of nitrogens with zero attached hydrogens (tertiary/aromatic N) is 1. The number of rotatable bonds is 6. The van der Waals surface area contributed by atoms with Gasteiger partial charge >= 0.3 is 5.91 Å². The maximum atomic E-state index is 11.7. The molecule has 0 fully saturated rings. The zero-order valence-electron chi connectivity index (χ0n) is 11.5. The van der Waals surface area contributed by atoms with Crippen LogP contribution in [-0.4, -0.2) is 17.5 Å². The minimum absolute atomic E-state index is 0.0825. The van der Waals surface area contributed by atoms with Crippen molar-refractivity contribution in [3.05, 3.63) is 48.3 Å². The zero-order chi connectivity index (χ0) is 15.1. The van der Waals surface area contributed by atoms with E-state index in [1.165, 1.54) is 12.3 Å². The van der Waals surface area contributed by atoms with Crippen LogP contribution in [0, 0.1) is 0 Å². The van der Waals surface area contributed by atoms with Crippen molar-refractivity contribution in [2.24, 2.45) is 5.10 Å². The highest BCUT2D eigenvalue weighted by molar-refractivity contribution is 6.00. The molecule has 0 saturated heterocycles. The molecule has 0 unspecified atom stereocenters. The van der Waals surface area contributed by atoms with E-state index in [4.69, 9.17) is 8.83 Å². The summed E-state index contributed by atoms with van der Waals surface area (Å²) in [5.41, 5.74) is 2.80. The summed E-state index contributed by atoms with van der Waals surface area (Å²) in [6, 6.07) is 6.65. The fourth-order valence-corrected chi connectivity index (χ4v) is 1.54. The first kappa shape index (κ1) is 14.6. The lowest BCUT2D eigenvalue weighted by Gasteiger charge is -2.03. The molecule has 0 atom stereocenters. The normalized spacial score (nSPS) is 11.2. The van der Waals surface area contributed by atoms with Gasteiger partial charge in [-0.15, -0.1) is 0 Å². The number of furan rings is 2. The lowest BCUT2D eigenvalue weighted by molar-refractivity contribution is -0.120. The maximum absolute atomic E-state index is 11.7. The third-order valence-corrected chi connectivity index (χ3v) is 2.55. The quantitative estimate of drug-likeness (QED) is 0.624. The number of hydrogen-bond acceptors (Lipinski definition) is 5. The summed E-state index contributed by atoms with van der Waals surface area (Å²) in [5.74, 6) is 0.160. The van der Waals surface area contributed by atoms with E-state index in [0.29, 0.717) is 18.0 Å². The van der Waals surface area contributed by atoms with E-state index in [-0.39, 0.29) is 18.1 Å². The van der Waals surface area contributed by atoms with Gasteiger partial charge in [0.2, 0.25) is 5.91 Å². The van der Waals surface area contributed by atoms with Crippen molar-refractivity contribution in [3.8, 4) is 0 Å². The highest BCUT2D eigenvalue weighted by Crippen LogP contribution is 2.00. The van der Waals surface area contributed by atoms with Crippen LogP contribution in [0.2, 0.25) is 0 Å². The van der Waals surface area contributed by atoms with Gasteiger partial charge in [0.05, 0.1) is 25.5 Å². The number of carbonyl (C=O) groups is 2. The molecular weight excluding hydrogens is 274 g/mol. The van der Waals surface area contributed by atoms with Gasteiger partial charge in [-0.3, -0.25) is 9.59 Å². The fourth-order valence-electron chi connectivity index (χ4n) is 1.54. The third kappa shape index (κ3) is 4.64. The minimum atomic E-state index is -0.463. The molecule has 2 heterocycles. The summed E-state index contributed by atoms with van der Waals surface area (Å²) in [4.78, 5) is 23.2. The highest BCUT2D eigenvalue weighted by Gasteiger charge is 2.08. The van der Waals surface area contributed by atoms with Gasteiger partial charge in [-0.2, -0.15) is 5.10 Å². The molecule has 0 radical (unpaired) electrons. The monoisotopic (exact) mass is 289 g/mol. The summed E-state index contributed by atoms with van der Waals surface area (Å²) in [5, 5.41) is 6.52. The van der Waals surface area contributed by atoms with Crippen LogP contribution in [0.5, 0.6) is 0 Å². The molecular formula is C14H15N3O4. The Hall–Kier alpha value is -2.83. The van der Waals surface area contributed by atoms with Crippen molar-refractivity contribution in [1.29, 1.82) is 0 Å². The molecule has 0 saturated carbocycles. The molecule has 2 amide bonds. The van der Waals surface area contributed by atoms with Gasteiger partial charge in [0.15, 0.2) is 5.76 Å². The molecule has 7 heteroatoms. The van der Waals surface area contributed by atoms with Crippen LogP contribution >= 0.6 is 0 Å². The molecule has 0 aliphatic heterocycles. The molecule has 110 valence electrons. The van der Waals surface area contributed by atoms with Crippen LogP contribution in [0.25, 0.3) is 0 Å². The summed E-state index contributed by atoms with van der Waals surface area (Å²) in [6.45, 7) is 1.97. The van der Waals surface area contributed by atoms with Crippen molar-refractivity contribution in [2.75, 3.05) is 0 Å². The summed E-state index contributed by atoms with van der Waals surface area (Å²) in [6.07, 6.45) is 3.02. The first-order valence-electron chi connectivity index (χ1n) is 6.31. The largest absolute Gasteiger partial charge is 0.467 e. The van der Waals surface area contributed by atoms with Crippen LogP contribution in [0.1, 0.15) is 29.7 Å². The molecule has 0 aliphatic rings. The van der Waals surface area contributed by atoms with E-state index in [1.807, 2.05) is 0 Å². The van der Waals surface area contributed by atoms with Crippen molar-refractivity contribution in [3.63, 3.8) is 0 Å². The average Bonchev–Trinajstić information content (AvgIpc) is 3.15. The second-order valence-electron chi connectivity index (χ2n) is 4.30. The summed E-state index contributed by atoms with van der Waals surface area (Å²) < 4.78 is 10.0. The second-order valence-corrected chi connectivity index (χ2v) is 4.30. The molecule has 0 spiro atoms. The Morgan fingerprint density at radius 3 is 2.62 bits per heavy atom. The van der Waals surface area contributed by atoms with E-state index in [9.17, 15) is 9.59 Å². The van der Waals surface area contributed by atoms with E-state index >= 15 is 0 Å². The number of hydrazone groups is 1. The van der Waals surface area contributed by atoms with Crippen LogP contribution in [0.4, 0.5) is 0 Å². The molecule has 7 nitrogen and oxygen atoms in total. The van der Waals surface area contributed by atoms with Crippen LogP contribution in [0.3, 0.4) is 0 Å². The Morgan fingerprint density at radius 2 is 1.95 bits per heavy atom. The second kappa shape index (κ2) is 7.09. The van der Waals surface area contributed by atoms with E-state index < -0.39 is 5.91 Å². The van der Waals surface area contributed by atoms with Crippen LogP contribution in [0.15, 0.2) is 50.7 Å². The molecule has 2 rings (SSSR count). The molecule has 2 aromatic heterocycles. The molecule has 2 aromatic rings. The average molecular weight is 289 g/mol. The van der Waals surface area contributed by atoms with E-state index in [2.05, 4.69) is 15.8 Å². The Labute approximate surface area is 121 Å².